The second kappa shape index (κ2) is 5.93. The van der Waals surface area contributed by atoms with Gasteiger partial charge in [-0.3, -0.25) is 0 Å². The van der Waals surface area contributed by atoms with Crippen LogP contribution in [0.3, 0.4) is 0 Å². The van der Waals surface area contributed by atoms with Crippen LogP contribution in [-0.4, -0.2) is 6.66 Å². The molecular formula is C25H23P. The first-order chi connectivity index (χ1) is 12.6. The topological polar surface area (TPSA) is 0 Å². The fraction of sp³-hybridized carbons (Fsp3) is 0.200. The number of fused-ring (bicyclic) bond motifs is 7. The molecule has 0 spiro atoms. The standard InChI is InChI=1S/C25H23P/c1-16-12-18-8-4-6-10-20(18)24-22(16)14-26(3)15-23-17(2)13-19-9-5-7-11-21(19)25(23)24/h4-13H,14-15H2,1-3H3. The molecule has 0 nitrogen and oxygen atoms in total. The van der Waals surface area contributed by atoms with Gasteiger partial charge in [-0.2, -0.15) is 0 Å². The Labute approximate surface area is 156 Å². The molecule has 0 amide bonds. The number of aryl methyl sites for hydroxylation is 2. The Balaban J connectivity index is 2.05. The van der Waals surface area contributed by atoms with Gasteiger partial charge in [-0.15, -0.1) is 7.92 Å². The van der Waals surface area contributed by atoms with E-state index in [4.69, 9.17) is 0 Å². The monoisotopic (exact) mass is 354 g/mol. The van der Waals surface area contributed by atoms with Crippen molar-refractivity contribution in [3.05, 3.63) is 82.9 Å². The Hall–Kier alpha value is -2.17. The highest BCUT2D eigenvalue weighted by Crippen LogP contribution is 2.52. The molecule has 0 fully saturated rings. The van der Waals surface area contributed by atoms with Gasteiger partial charge in [0, 0.05) is 0 Å². The molecule has 0 unspecified atom stereocenters. The molecule has 0 radical (unpaired) electrons. The maximum atomic E-state index is 2.47. The first-order valence-electron chi connectivity index (χ1n) is 9.35. The largest absolute Gasteiger partial charge is 0.101 e. The third-order valence-corrected chi connectivity index (χ3v) is 7.58. The zero-order valence-corrected chi connectivity index (χ0v) is 16.5. The van der Waals surface area contributed by atoms with Crippen molar-refractivity contribution in [2.45, 2.75) is 26.2 Å². The summed E-state index contributed by atoms with van der Waals surface area (Å²) in [7, 11) is -0.0346. The normalized spacial score (nSPS) is 14.3. The van der Waals surface area contributed by atoms with E-state index < -0.39 is 0 Å². The van der Waals surface area contributed by atoms with Crippen LogP contribution in [0, 0.1) is 13.8 Å². The summed E-state index contributed by atoms with van der Waals surface area (Å²) in [5.41, 5.74) is 9.06. The molecule has 4 aromatic carbocycles. The maximum Gasteiger partial charge on any atom is -0.00578 e. The van der Waals surface area contributed by atoms with Crippen LogP contribution in [0.5, 0.6) is 0 Å². The Morgan fingerprint density at radius 2 is 1.08 bits per heavy atom. The second-order valence-corrected chi connectivity index (χ2v) is 10.1. The molecule has 4 aromatic rings. The summed E-state index contributed by atoms with van der Waals surface area (Å²) in [6.07, 6.45) is 2.45. The molecule has 5 rings (SSSR count). The number of hydrogen-bond acceptors (Lipinski definition) is 0. The number of rotatable bonds is 0. The van der Waals surface area contributed by atoms with Crippen LogP contribution in [0.25, 0.3) is 32.7 Å². The summed E-state index contributed by atoms with van der Waals surface area (Å²) >= 11 is 0. The maximum absolute atomic E-state index is 2.47. The van der Waals surface area contributed by atoms with Crippen molar-refractivity contribution < 1.29 is 0 Å². The van der Waals surface area contributed by atoms with E-state index in [-0.39, 0.29) is 7.92 Å². The molecule has 0 N–H and O–H groups in total. The third-order valence-electron chi connectivity index (χ3n) is 5.87. The highest BCUT2D eigenvalue weighted by molar-refractivity contribution is 7.55. The van der Waals surface area contributed by atoms with Gasteiger partial charge in [-0.1, -0.05) is 60.7 Å². The number of benzene rings is 4. The molecule has 0 aromatic heterocycles. The average Bonchev–Trinajstić information content (AvgIpc) is 2.79. The minimum atomic E-state index is -0.0346. The van der Waals surface area contributed by atoms with Crippen LogP contribution in [0.2, 0.25) is 0 Å². The molecule has 1 aliphatic heterocycles. The van der Waals surface area contributed by atoms with Gasteiger partial charge in [0.25, 0.3) is 0 Å². The van der Waals surface area contributed by atoms with E-state index in [2.05, 4.69) is 81.2 Å². The lowest BCUT2D eigenvalue weighted by atomic mass is 9.85. The minimum absolute atomic E-state index is 0.0346. The number of hydrogen-bond donors (Lipinski definition) is 0. The van der Waals surface area contributed by atoms with Crippen LogP contribution >= 0.6 is 7.92 Å². The predicted octanol–water partition coefficient (Wildman–Crippen LogP) is 7.40. The molecule has 0 saturated carbocycles. The molecule has 1 aliphatic rings. The summed E-state index contributed by atoms with van der Waals surface area (Å²) < 4.78 is 0. The third kappa shape index (κ3) is 2.32. The van der Waals surface area contributed by atoms with Gasteiger partial charge in [0.1, 0.15) is 0 Å². The zero-order valence-electron chi connectivity index (χ0n) is 15.6. The molecule has 1 heteroatoms. The predicted molar refractivity (Wildman–Crippen MR) is 117 cm³/mol. The lowest BCUT2D eigenvalue weighted by Gasteiger charge is -2.19. The van der Waals surface area contributed by atoms with E-state index in [1.807, 2.05) is 0 Å². The van der Waals surface area contributed by atoms with Gasteiger partial charge in [-0.05, 0) is 87.8 Å². The van der Waals surface area contributed by atoms with Crippen molar-refractivity contribution >= 4 is 29.5 Å². The fourth-order valence-electron chi connectivity index (χ4n) is 4.64. The summed E-state index contributed by atoms with van der Waals surface area (Å²) in [4.78, 5) is 0. The zero-order chi connectivity index (χ0) is 17.8. The first-order valence-corrected chi connectivity index (χ1v) is 11.5. The van der Waals surface area contributed by atoms with Gasteiger partial charge in [0.05, 0.1) is 0 Å². The molecule has 1 heterocycles. The Morgan fingerprint density at radius 3 is 1.54 bits per heavy atom. The average molecular weight is 354 g/mol. The van der Waals surface area contributed by atoms with Crippen LogP contribution in [0.1, 0.15) is 22.3 Å². The molecule has 0 atom stereocenters. The van der Waals surface area contributed by atoms with Gasteiger partial charge in [-0.25, -0.2) is 0 Å². The quantitative estimate of drug-likeness (QED) is 0.289. The van der Waals surface area contributed by atoms with Crippen molar-refractivity contribution in [3.8, 4) is 11.1 Å². The highest BCUT2D eigenvalue weighted by atomic mass is 31.1. The van der Waals surface area contributed by atoms with Gasteiger partial charge in [0.2, 0.25) is 0 Å². The van der Waals surface area contributed by atoms with Gasteiger partial charge < -0.3 is 0 Å². The molecule has 26 heavy (non-hydrogen) atoms. The smallest absolute Gasteiger partial charge is 0.00578 e. The Morgan fingerprint density at radius 1 is 0.654 bits per heavy atom. The van der Waals surface area contributed by atoms with Crippen LogP contribution < -0.4 is 0 Å². The van der Waals surface area contributed by atoms with Gasteiger partial charge in [0.15, 0.2) is 0 Å². The summed E-state index contributed by atoms with van der Waals surface area (Å²) in [6.45, 7) is 7.08. The minimum Gasteiger partial charge on any atom is -0.101 e. The molecule has 0 aliphatic carbocycles. The van der Waals surface area contributed by atoms with E-state index in [0.717, 1.165) is 0 Å². The van der Waals surface area contributed by atoms with E-state index >= 15 is 0 Å². The van der Waals surface area contributed by atoms with Gasteiger partial charge >= 0.3 is 0 Å². The first kappa shape index (κ1) is 16.0. The Bertz CT molecular complexity index is 1080. The Kier molecular flexibility index (Phi) is 3.66. The molecular weight excluding hydrogens is 331 g/mol. The molecule has 0 bridgehead atoms. The van der Waals surface area contributed by atoms with Crippen molar-refractivity contribution in [3.63, 3.8) is 0 Å². The summed E-state index contributed by atoms with van der Waals surface area (Å²) in [5, 5.41) is 5.55. The second-order valence-electron chi connectivity index (χ2n) is 7.71. The summed E-state index contributed by atoms with van der Waals surface area (Å²) in [5.74, 6) is 0. The van der Waals surface area contributed by atoms with Crippen molar-refractivity contribution in [1.29, 1.82) is 0 Å². The van der Waals surface area contributed by atoms with Crippen molar-refractivity contribution in [2.75, 3.05) is 6.66 Å². The van der Waals surface area contributed by atoms with Crippen LogP contribution in [0.4, 0.5) is 0 Å². The van der Waals surface area contributed by atoms with Crippen molar-refractivity contribution in [2.24, 2.45) is 0 Å². The van der Waals surface area contributed by atoms with E-state index in [1.54, 1.807) is 11.1 Å². The van der Waals surface area contributed by atoms with Crippen LogP contribution in [-0.2, 0) is 12.3 Å². The molecule has 128 valence electrons. The fourth-order valence-corrected chi connectivity index (χ4v) is 6.64. The molecule has 0 saturated heterocycles. The van der Waals surface area contributed by atoms with E-state index in [9.17, 15) is 0 Å². The summed E-state index contributed by atoms with van der Waals surface area (Å²) in [6, 6.07) is 22.6. The lowest BCUT2D eigenvalue weighted by Crippen LogP contribution is -1.96. The van der Waals surface area contributed by atoms with Crippen LogP contribution in [0.15, 0.2) is 60.7 Å². The lowest BCUT2D eigenvalue weighted by molar-refractivity contribution is 1.31. The van der Waals surface area contributed by atoms with E-state index in [0.29, 0.717) is 0 Å². The van der Waals surface area contributed by atoms with E-state index in [1.165, 1.54) is 56.1 Å². The van der Waals surface area contributed by atoms with Crippen molar-refractivity contribution in [1.82, 2.24) is 0 Å². The highest BCUT2D eigenvalue weighted by Gasteiger charge is 2.25. The SMILES string of the molecule is Cc1cc2ccccc2c2c1CP(C)Cc1c(C)cc3ccccc3c1-2.